The first-order valence-corrected chi connectivity index (χ1v) is 12.2. The van der Waals surface area contributed by atoms with E-state index in [-0.39, 0.29) is 24.4 Å². The Hall–Kier alpha value is -1.80. The van der Waals surface area contributed by atoms with E-state index in [9.17, 15) is 13.2 Å². The largest absolute Gasteiger partial charge is 0.494 e. The zero-order valence-corrected chi connectivity index (χ0v) is 18.3. The average Bonchev–Trinajstić information content (AvgIpc) is 3.23. The van der Waals surface area contributed by atoms with Crippen molar-refractivity contribution in [3.8, 4) is 5.75 Å². The molecule has 1 aromatic carbocycles. The topological polar surface area (TPSA) is 79.0 Å². The molecule has 0 spiro atoms. The molecule has 2 aliphatic rings. The quantitative estimate of drug-likeness (QED) is 0.697. The van der Waals surface area contributed by atoms with E-state index in [0.29, 0.717) is 37.6 Å². The van der Waals surface area contributed by atoms with Gasteiger partial charge in [-0.3, -0.25) is 9.10 Å². The van der Waals surface area contributed by atoms with Crippen molar-refractivity contribution in [1.82, 2.24) is 9.62 Å². The monoisotopic (exact) mass is 423 g/mol. The molecule has 29 heavy (non-hydrogen) atoms. The number of nitrogens with one attached hydrogen (secondary N) is 1. The molecule has 1 N–H and O–H groups in total. The SMILES string of the molecule is CCOc1ccc(N(CC)S(=O)(=O)N2CCCC(C(=O)NC3CCCC3)C2)cc1. The van der Waals surface area contributed by atoms with Gasteiger partial charge in [0.15, 0.2) is 0 Å². The van der Waals surface area contributed by atoms with Gasteiger partial charge in [-0.05, 0) is 63.8 Å². The van der Waals surface area contributed by atoms with Gasteiger partial charge in [-0.25, -0.2) is 0 Å². The molecule has 8 heteroatoms. The Morgan fingerprint density at radius 2 is 1.83 bits per heavy atom. The predicted molar refractivity (Wildman–Crippen MR) is 114 cm³/mol. The third-order valence-electron chi connectivity index (χ3n) is 5.78. The van der Waals surface area contributed by atoms with E-state index in [1.165, 1.54) is 8.61 Å². The van der Waals surface area contributed by atoms with Crippen LogP contribution in [0.2, 0.25) is 0 Å². The number of ether oxygens (including phenoxy) is 1. The van der Waals surface area contributed by atoms with Crippen LogP contribution in [0.25, 0.3) is 0 Å². The van der Waals surface area contributed by atoms with Crippen molar-refractivity contribution in [2.75, 3.05) is 30.5 Å². The predicted octanol–water partition coefficient (Wildman–Crippen LogP) is 2.93. The lowest BCUT2D eigenvalue weighted by Crippen LogP contribution is -2.51. The van der Waals surface area contributed by atoms with Crippen LogP contribution in [0.15, 0.2) is 24.3 Å². The number of amides is 1. The minimum atomic E-state index is -3.70. The Kier molecular flexibility index (Phi) is 7.40. The molecule has 1 atom stereocenters. The summed E-state index contributed by atoms with van der Waals surface area (Å²) in [4.78, 5) is 12.7. The van der Waals surface area contributed by atoms with Crippen LogP contribution in [0.4, 0.5) is 5.69 Å². The van der Waals surface area contributed by atoms with Crippen LogP contribution in [0.1, 0.15) is 52.4 Å². The highest BCUT2D eigenvalue weighted by atomic mass is 32.2. The number of hydrogen-bond acceptors (Lipinski definition) is 4. The highest BCUT2D eigenvalue weighted by Crippen LogP contribution is 2.27. The van der Waals surface area contributed by atoms with Crippen molar-refractivity contribution >= 4 is 21.8 Å². The van der Waals surface area contributed by atoms with Gasteiger partial charge in [0.2, 0.25) is 5.91 Å². The van der Waals surface area contributed by atoms with Crippen molar-refractivity contribution in [3.63, 3.8) is 0 Å². The smallest absolute Gasteiger partial charge is 0.304 e. The number of carbonyl (C=O) groups is 1. The number of anilines is 1. The van der Waals surface area contributed by atoms with Crippen LogP contribution in [0.5, 0.6) is 5.75 Å². The molecule has 1 aromatic rings. The Bertz CT molecular complexity index is 776. The van der Waals surface area contributed by atoms with Gasteiger partial charge >= 0.3 is 10.2 Å². The number of nitrogens with zero attached hydrogens (tertiary/aromatic N) is 2. The highest BCUT2D eigenvalue weighted by Gasteiger charge is 2.36. The maximum atomic E-state index is 13.3. The van der Waals surface area contributed by atoms with Crippen LogP contribution in [-0.4, -0.2) is 50.9 Å². The van der Waals surface area contributed by atoms with Crippen LogP contribution in [0.3, 0.4) is 0 Å². The van der Waals surface area contributed by atoms with Gasteiger partial charge in [0.25, 0.3) is 0 Å². The third kappa shape index (κ3) is 5.22. The summed E-state index contributed by atoms with van der Waals surface area (Å²) in [6, 6.07) is 7.35. The Balaban J connectivity index is 1.69. The average molecular weight is 424 g/mol. The van der Waals surface area contributed by atoms with Gasteiger partial charge in [-0.1, -0.05) is 12.8 Å². The minimum absolute atomic E-state index is 0.000848. The van der Waals surface area contributed by atoms with Crippen molar-refractivity contribution in [2.24, 2.45) is 5.92 Å². The summed E-state index contributed by atoms with van der Waals surface area (Å²) in [5.74, 6) is 0.436. The normalized spacial score (nSPS) is 21.1. The van der Waals surface area contributed by atoms with Gasteiger partial charge in [-0.2, -0.15) is 12.7 Å². The molecule has 1 saturated carbocycles. The number of rotatable bonds is 8. The van der Waals surface area contributed by atoms with Crippen molar-refractivity contribution in [1.29, 1.82) is 0 Å². The maximum absolute atomic E-state index is 13.3. The molecule has 1 amide bonds. The van der Waals surface area contributed by atoms with E-state index in [4.69, 9.17) is 4.74 Å². The first-order chi connectivity index (χ1) is 14.0. The Morgan fingerprint density at radius 3 is 2.45 bits per heavy atom. The number of piperidine rings is 1. The lowest BCUT2D eigenvalue weighted by atomic mass is 9.98. The molecule has 1 unspecified atom stereocenters. The van der Waals surface area contributed by atoms with Gasteiger partial charge < -0.3 is 10.1 Å². The Labute approximate surface area is 174 Å². The Morgan fingerprint density at radius 1 is 1.14 bits per heavy atom. The third-order valence-corrected chi connectivity index (χ3v) is 7.79. The second-order valence-corrected chi connectivity index (χ2v) is 9.64. The first-order valence-electron chi connectivity index (χ1n) is 10.8. The zero-order valence-electron chi connectivity index (χ0n) is 17.5. The van der Waals surface area contributed by atoms with Crippen molar-refractivity contribution < 1.29 is 17.9 Å². The molecule has 0 aromatic heterocycles. The van der Waals surface area contributed by atoms with Crippen LogP contribution < -0.4 is 14.4 Å². The van der Waals surface area contributed by atoms with Crippen molar-refractivity contribution in [3.05, 3.63) is 24.3 Å². The summed E-state index contributed by atoms with van der Waals surface area (Å²) >= 11 is 0. The highest BCUT2D eigenvalue weighted by molar-refractivity contribution is 7.90. The lowest BCUT2D eigenvalue weighted by Gasteiger charge is -2.35. The van der Waals surface area contributed by atoms with E-state index in [2.05, 4.69) is 5.32 Å². The van der Waals surface area contributed by atoms with Crippen molar-refractivity contribution in [2.45, 2.75) is 58.4 Å². The summed E-state index contributed by atoms with van der Waals surface area (Å²) in [5.41, 5.74) is 0.605. The summed E-state index contributed by atoms with van der Waals surface area (Å²) in [6.07, 6.45) is 5.81. The fourth-order valence-electron chi connectivity index (χ4n) is 4.25. The number of carbonyl (C=O) groups excluding carboxylic acids is 1. The van der Waals surface area contributed by atoms with E-state index in [0.717, 1.165) is 32.1 Å². The molecule has 0 radical (unpaired) electrons. The minimum Gasteiger partial charge on any atom is -0.494 e. The fraction of sp³-hybridized carbons (Fsp3) is 0.667. The molecule has 2 fully saturated rings. The van der Waals surface area contributed by atoms with E-state index >= 15 is 0 Å². The molecule has 1 aliphatic carbocycles. The van der Waals surface area contributed by atoms with Crippen LogP contribution >= 0.6 is 0 Å². The maximum Gasteiger partial charge on any atom is 0.304 e. The molecular formula is C21H33N3O4S. The zero-order chi connectivity index (χ0) is 20.9. The van der Waals surface area contributed by atoms with E-state index in [1.54, 1.807) is 24.3 Å². The molecule has 0 bridgehead atoms. The number of hydrogen-bond donors (Lipinski definition) is 1. The van der Waals surface area contributed by atoms with Crippen LogP contribution in [0, 0.1) is 5.92 Å². The molecule has 1 saturated heterocycles. The molecule has 7 nitrogen and oxygen atoms in total. The van der Waals surface area contributed by atoms with Gasteiger partial charge in [0, 0.05) is 25.7 Å². The van der Waals surface area contributed by atoms with E-state index in [1.807, 2.05) is 13.8 Å². The fourth-order valence-corrected chi connectivity index (χ4v) is 5.97. The number of benzene rings is 1. The van der Waals surface area contributed by atoms with Gasteiger partial charge in [-0.15, -0.1) is 0 Å². The lowest BCUT2D eigenvalue weighted by molar-refractivity contribution is -0.126. The van der Waals surface area contributed by atoms with Gasteiger partial charge in [0.1, 0.15) is 5.75 Å². The standard InChI is InChI=1S/C21H33N3O4S/c1-3-24(19-11-13-20(14-12-19)28-4-2)29(26,27)23-15-7-8-17(16-23)21(25)22-18-9-5-6-10-18/h11-14,17-18H,3-10,15-16H2,1-2H3,(H,22,25). The molecule has 162 valence electrons. The summed E-state index contributed by atoms with van der Waals surface area (Å²) in [6.45, 7) is 5.31. The summed E-state index contributed by atoms with van der Waals surface area (Å²) < 4.78 is 35.0. The first kappa shape index (κ1) is 21.9. The summed E-state index contributed by atoms with van der Waals surface area (Å²) in [5, 5.41) is 3.13. The molecule has 1 heterocycles. The molecular weight excluding hydrogens is 390 g/mol. The van der Waals surface area contributed by atoms with E-state index < -0.39 is 10.2 Å². The second-order valence-electron chi connectivity index (χ2n) is 7.79. The summed E-state index contributed by atoms with van der Waals surface area (Å²) in [7, 11) is -3.70. The molecule has 1 aliphatic heterocycles. The van der Waals surface area contributed by atoms with Crippen LogP contribution in [-0.2, 0) is 15.0 Å². The van der Waals surface area contributed by atoms with Gasteiger partial charge in [0.05, 0.1) is 18.2 Å². The molecule has 3 rings (SSSR count). The second kappa shape index (κ2) is 9.80.